The van der Waals surface area contributed by atoms with Gasteiger partial charge >= 0.3 is 60.7 Å². The van der Waals surface area contributed by atoms with Gasteiger partial charge in [0, 0.05) is 0 Å². The molecule has 0 aromatic heterocycles. The molecule has 0 heterocycles. The van der Waals surface area contributed by atoms with Gasteiger partial charge in [-0.2, -0.15) is 18.2 Å². The number of hydrogen-bond donors (Lipinski definition) is 0. The van der Waals surface area contributed by atoms with Crippen molar-refractivity contribution in [1.82, 2.24) is 0 Å². The third kappa shape index (κ3) is 13.6. The van der Waals surface area contributed by atoms with Crippen molar-refractivity contribution in [2.75, 3.05) is 0 Å². The minimum Gasteiger partial charge on any atom is -0.273 e. The quantitative estimate of drug-likeness (QED) is 0.113. The summed E-state index contributed by atoms with van der Waals surface area (Å²) in [6, 6.07) is 38.6. The standard InChI is InChI=1S/C18H16O3P.C5H5.CO.2BrH.Re/c1-4-10-16(11-5-1)19-22(20-17-12-6-2-7-13-17)21-18-14-8-3-9-15-18;1-2-4-5-3-1;1-2;;;/h1-15,22H;1-5H;;2*1H;/q+1;-1;;;;+2/p-2. The molecule has 0 aliphatic carbocycles. The van der Waals surface area contributed by atoms with Gasteiger partial charge < -0.3 is 0 Å². The maximum atomic E-state index is 7.50. The Kier molecular flexibility index (Phi) is 17.5. The van der Waals surface area contributed by atoms with Gasteiger partial charge in [-0.05, 0) is 36.4 Å². The number of para-hydroxylation sites is 3. The monoisotopic (exact) mass is 749 g/mol. The van der Waals surface area contributed by atoms with Gasteiger partial charge in [-0.25, -0.2) is 12.1 Å². The molecule has 0 bridgehead atoms. The molecule has 0 saturated heterocycles. The molecule has 167 valence electrons. The Balaban J connectivity index is 0.000000430. The van der Waals surface area contributed by atoms with E-state index < -0.39 is 8.60 Å². The zero-order chi connectivity index (χ0) is 23.3. The van der Waals surface area contributed by atoms with Gasteiger partial charge in [-0.3, -0.25) is 13.6 Å². The maximum absolute atomic E-state index is 7.50. The van der Waals surface area contributed by atoms with Crippen LogP contribution in [0.1, 0.15) is 0 Å². The van der Waals surface area contributed by atoms with Gasteiger partial charge in [0.05, 0.1) is 0 Å². The molecule has 4 nitrogen and oxygen atoms in total. The SMILES string of the molecule is [Br][Re][Br].[C-]#[O+].c1cc[cH-]c1.c1ccc(O[PH+](Oc2ccccc2)Oc2ccccc2)cc1. The van der Waals surface area contributed by atoms with Crippen LogP contribution in [-0.2, 0) is 18.6 Å². The van der Waals surface area contributed by atoms with Gasteiger partial charge in [-0.1, -0.05) is 54.6 Å². The molecule has 4 aromatic rings. The molecule has 4 rings (SSSR count). The van der Waals surface area contributed by atoms with Crippen LogP contribution in [0.15, 0.2) is 121 Å². The predicted octanol–water partition coefficient (Wildman–Crippen LogP) is 8.24. The number of rotatable bonds is 6. The molecule has 0 spiro atoms. The predicted molar refractivity (Wildman–Crippen MR) is 133 cm³/mol. The van der Waals surface area contributed by atoms with E-state index in [9.17, 15) is 0 Å². The van der Waals surface area contributed by atoms with E-state index in [-0.39, 0.29) is 13.9 Å². The topological polar surface area (TPSA) is 47.6 Å². The number of hydrogen-bond acceptors (Lipinski definition) is 3. The largest absolute Gasteiger partial charge is 0.528 e. The third-order valence-electron chi connectivity index (χ3n) is 3.39. The molecule has 0 aliphatic heterocycles. The first-order valence-electron chi connectivity index (χ1n) is 9.11. The van der Waals surface area contributed by atoms with E-state index in [1.54, 1.807) is 0 Å². The van der Waals surface area contributed by atoms with E-state index in [0.717, 1.165) is 17.2 Å². The van der Waals surface area contributed by atoms with Gasteiger partial charge in [0.15, 0.2) is 17.2 Å². The zero-order valence-electron chi connectivity index (χ0n) is 16.8. The van der Waals surface area contributed by atoms with Gasteiger partial charge in [0.2, 0.25) is 0 Å². The fourth-order valence-corrected chi connectivity index (χ4v) is 3.25. The summed E-state index contributed by atoms with van der Waals surface area (Å²) >= 11 is 6.39. The molecule has 32 heavy (non-hydrogen) atoms. The van der Waals surface area contributed by atoms with Gasteiger partial charge in [-0.15, -0.1) is 0 Å². The van der Waals surface area contributed by atoms with Crippen LogP contribution < -0.4 is 13.6 Å². The van der Waals surface area contributed by atoms with Gasteiger partial charge in [0.25, 0.3) is 0 Å². The van der Waals surface area contributed by atoms with Crippen LogP contribution in [-0.4, -0.2) is 0 Å². The summed E-state index contributed by atoms with van der Waals surface area (Å²) in [4.78, 5) is 0. The second kappa shape index (κ2) is 19.9. The first kappa shape index (κ1) is 28.2. The van der Waals surface area contributed by atoms with E-state index in [4.69, 9.17) is 18.2 Å². The Labute approximate surface area is 211 Å². The van der Waals surface area contributed by atoms with Crippen molar-refractivity contribution >= 4 is 35.5 Å². The maximum Gasteiger partial charge on any atom is 0.528 e. The molecule has 0 fully saturated rings. The third-order valence-corrected chi connectivity index (χ3v) is 4.60. The van der Waals surface area contributed by atoms with E-state index in [1.165, 1.54) is 0 Å². The summed E-state index contributed by atoms with van der Waals surface area (Å²) < 4.78 is 25.1. The molecule has 0 saturated carbocycles. The molecule has 0 atom stereocenters. The van der Waals surface area contributed by atoms with Crippen LogP contribution in [0.25, 0.3) is 0 Å². The fraction of sp³-hybridized carbons (Fsp3) is 0. The Hall–Kier alpha value is -1.80. The van der Waals surface area contributed by atoms with E-state index in [1.807, 2.05) is 121 Å². The van der Waals surface area contributed by atoms with Crippen LogP contribution in [0, 0.1) is 6.65 Å². The van der Waals surface area contributed by atoms with Crippen molar-refractivity contribution in [3.05, 3.63) is 128 Å². The summed E-state index contributed by atoms with van der Waals surface area (Å²) in [7, 11) is -2.00. The van der Waals surface area contributed by atoms with Crippen molar-refractivity contribution in [2.24, 2.45) is 0 Å². The Morgan fingerprint density at radius 1 is 0.594 bits per heavy atom. The molecule has 0 aliphatic rings. The normalized spacial score (nSPS) is 8.91. The van der Waals surface area contributed by atoms with E-state index >= 15 is 0 Å². The van der Waals surface area contributed by atoms with Crippen LogP contribution in [0.5, 0.6) is 17.2 Å². The summed E-state index contributed by atoms with van der Waals surface area (Å²) in [6.07, 6.45) is 0. The average Bonchev–Trinajstić information content (AvgIpc) is 3.43. The Morgan fingerprint density at radius 3 is 1.09 bits per heavy atom. The number of benzene rings is 3. The first-order valence-corrected chi connectivity index (χ1v) is 22.2. The Bertz CT molecular complexity index is 812. The minimum atomic E-state index is -2.00. The molecule has 4 aromatic carbocycles. The molecule has 0 amide bonds. The molecule has 0 unspecified atom stereocenters. The van der Waals surface area contributed by atoms with Crippen molar-refractivity contribution in [2.45, 2.75) is 0 Å². The second-order valence-electron chi connectivity index (χ2n) is 5.51. The first-order chi connectivity index (χ1) is 15.8. The molecule has 8 heteroatoms. The second-order valence-corrected chi connectivity index (χ2v) is 18.5. The molecule has 0 N–H and O–H groups in total. The summed E-state index contributed by atoms with van der Waals surface area (Å²) in [5.74, 6) is 2.18. The fourth-order valence-electron chi connectivity index (χ4n) is 2.14. The zero-order valence-corrected chi connectivity index (χ0v) is 23.7. The molecule has 0 radical (unpaired) electrons. The van der Waals surface area contributed by atoms with Crippen molar-refractivity contribution in [1.29, 1.82) is 0 Å². The summed E-state index contributed by atoms with van der Waals surface area (Å²) in [5.41, 5.74) is 0. The Morgan fingerprint density at radius 2 is 0.875 bits per heavy atom. The van der Waals surface area contributed by atoms with Gasteiger partial charge in [0.1, 0.15) is 0 Å². The number of halogens is 2. The van der Waals surface area contributed by atoms with E-state index in [2.05, 4.69) is 33.5 Å². The minimum absolute atomic E-state index is 0.0417. The smallest absolute Gasteiger partial charge is 0.273 e. The molecular formula is C24H21Br2O4PRe. The molecular weight excluding hydrogens is 729 g/mol. The summed E-state index contributed by atoms with van der Waals surface area (Å²) in [5, 5.41) is 0. The van der Waals surface area contributed by atoms with Crippen molar-refractivity contribution in [3.63, 3.8) is 0 Å². The van der Waals surface area contributed by atoms with Crippen LogP contribution in [0.3, 0.4) is 0 Å². The van der Waals surface area contributed by atoms with Crippen LogP contribution in [0.4, 0.5) is 0 Å². The van der Waals surface area contributed by atoms with E-state index in [0.29, 0.717) is 0 Å². The van der Waals surface area contributed by atoms with Crippen molar-refractivity contribution in [3.8, 4) is 17.2 Å². The van der Waals surface area contributed by atoms with Crippen LogP contribution in [0.2, 0.25) is 0 Å². The van der Waals surface area contributed by atoms with Crippen molar-refractivity contribution < 1.29 is 32.2 Å². The van der Waals surface area contributed by atoms with Crippen LogP contribution >= 0.6 is 35.5 Å². The average molecular weight is 750 g/mol. The summed E-state index contributed by atoms with van der Waals surface area (Å²) in [6.45, 7) is 4.50.